The minimum atomic E-state index is -0.833. The fourth-order valence-corrected chi connectivity index (χ4v) is 6.97. The third-order valence-corrected chi connectivity index (χ3v) is 10.1. The molecule has 2 saturated heterocycles. The number of morpholine rings is 1. The second-order valence-electron chi connectivity index (χ2n) is 13.7. The van der Waals surface area contributed by atoms with Crippen molar-refractivity contribution in [1.29, 1.82) is 0 Å². The second-order valence-corrected chi connectivity index (χ2v) is 13.7. The molecule has 7 rings (SSSR count). The van der Waals surface area contributed by atoms with E-state index in [0.717, 1.165) is 62.4 Å². The van der Waals surface area contributed by atoms with Gasteiger partial charge in [0.2, 0.25) is 5.43 Å². The van der Waals surface area contributed by atoms with Gasteiger partial charge >= 0.3 is 0 Å². The van der Waals surface area contributed by atoms with Gasteiger partial charge in [-0.3, -0.25) is 14.5 Å². The third-order valence-electron chi connectivity index (χ3n) is 10.1. The topological polar surface area (TPSA) is 170 Å². The molecule has 0 bridgehead atoms. The number of primary amides is 1. The average molecular weight is 732 g/mol. The lowest BCUT2D eigenvalue weighted by atomic mass is 9.97. The molecule has 4 N–H and O–H groups in total. The molecule has 280 valence electrons. The quantitative estimate of drug-likeness (QED) is 0.180. The number of benzene rings is 2. The summed E-state index contributed by atoms with van der Waals surface area (Å²) in [5.41, 5.74) is 17.2. The Morgan fingerprint density at radius 2 is 1.57 bits per heavy atom. The molecule has 0 saturated carbocycles. The van der Waals surface area contributed by atoms with E-state index in [-0.39, 0.29) is 17.3 Å². The summed E-state index contributed by atoms with van der Waals surface area (Å²) < 4.78 is 24.7. The molecule has 2 fully saturated rings. The Morgan fingerprint density at radius 3 is 2.28 bits per heavy atom. The number of aromatic nitrogens is 4. The smallest absolute Gasteiger partial charge is 0.254 e. The number of carbonyl (C=O) groups excluding carboxylic acids is 1. The number of amides is 1. The number of hydrogen-bond donors (Lipinski definition) is 2. The van der Waals surface area contributed by atoms with E-state index in [1.807, 2.05) is 60.0 Å². The van der Waals surface area contributed by atoms with Gasteiger partial charge in [0, 0.05) is 68.5 Å². The Balaban J connectivity index is 1.20. The number of carbonyl (C=O) groups is 1. The van der Waals surface area contributed by atoms with Crippen LogP contribution in [0.5, 0.6) is 11.5 Å². The molecule has 3 aromatic heterocycles. The van der Waals surface area contributed by atoms with Crippen LogP contribution in [0, 0.1) is 12.8 Å². The van der Waals surface area contributed by atoms with Crippen LogP contribution in [-0.2, 0) is 16.0 Å². The number of pyridine rings is 2. The van der Waals surface area contributed by atoms with Crippen molar-refractivity contribution < 1.29 is 23.7 Å². The minimum Gasteiger partial charge on any atom is -0.493 e. The second kappa shape index (κ2) is 16.6. The molecule has 0 radical (unpaired) electrons. The normalized spacial score (nSPS) is 15.2. The van der Waals surface area contributed by atoms with Gasteiger partial charge in [0.15, 0.2) is 11.5 Å². The van der Waals surface area contributed by atoms with Gasteiger partial charge in [0.25, 0.3) is 5.91 Å². The summed E-state index contributed by atoms with van der Waals surface area (Å²) in [5, 5.41) is 9.08. The maximum Gasteiger partial charge on any atom is 0.254 e. The molecular weight excluding hydrogens is 686 g/mol. The molecule has 2 aliphatic heterocycles. The maximum absolute atomic E-state index is 14.0. The Morgan fingerprint density at radius 1 is 0.870 bits per heavy atom. The van der Waals surface area contributed by atoms with Crippen molar-refractivity contribution in [1.82, 2.24) is 24.6 Å². The van der Waals surface area contributed by atoms with Crippen LogP contribution in [0.2, 0.25) is 0 Å². The molecular formula is C41H45N7O6. The number of nitrogens with zero attached hydrogens (tertiary/aromatic N) is 5. The summed E-state index contributed by atoms with van der Waals surface area (Å²) >= 11 is 0. The van der Waals surface area contributed by atoms with E-state index in [9.17, 15) is 9.59 Å². The molecule has 5 heterocycles. The average Bonchev–Trinajstić information content (AvgIpc) is 3.20. The number of methoxy groups -OCH3 is 1. The molecule has 13 heteroatoms. The molecule has 2 aliphatic rings. The summed E-state index contributed by atoms with van der Waals surface area (Å²) in [6.45, 7) is 8.42. The summed E-state index contributed by atoms with van der Waals surface area (Å²) in [7, 11) is 1.61. The van der Waals surface area contributed by atoms with E-state index in [4.69, 9.17) is 30.4 Å². The molecule has 2 aromatic carbocycles. The SMILES string of the molecule is COc1cc(-c2cnc(N)c(-c3ccc(-c4c(C(N)=O)c(=O)c(-c5ccc(C)cc5)cn4CC4CCOCC4)nn3)c2)ccc1OCCN1CCOCC1. The number of ether oxygens (including phenoxy) is 4. The number of hydrogen-bond acceptors (Lipinski definition) is 11. The third kappa shape index (κ3) is 8.13. The molecule has 0 spiro atoms. The van der Waals surface area contributed by atoms with Gasteiger partial charge in [-0.05, 0) is 67.1 Å². The van der Waals surface area contributed by atoms with Crippen LogP contribution in [0.25, 0.3) is 44.9 Å². The van der Waals surface area contributed by atoms with Gasteiger partial charge in [0.1, 0.15) is 23.7 Å². The first-order valence-electron chi connectivity index (χ1n) is 18.2. The monoisotopic (exact) mass is 731 g/mol. The Labute approximate surface area is 313 Å². The lowest BCUT2D eigenvalue weighted by molar-refractivity contribution is 0.0321. The molecule has 54 heavy (non-hydrogen) atoms. The predicted octanol–water partition coefficient (Wildman–Crippen LogP) is 4.84. The highest BCUT2D eigenvalue weighted by molar-refractivity contribution is 5.99. The van der Waals surface area contributed by atoms with Crippen LogP contribution in [0.1, 0.15) is 28.8 Å². The Kier molecular flexibility index (Phi) is 11.3. The zero-order chi connectivity index (χ0) is 37.6. The van der Waals surface area contributed by atoms with Crippen LogP contribution < -0.4 is 26.4 Å². The molecule has 0 aliphatic carbocycles. The van der Waals surface area contributed by atoms with Crippen molar-refractivity contribution in [3.63, 3.8) is 0 Å². The van der Waals surface area contributed by atoms with Crippen LogP contribution in [-0.4, -0.2) is 90.3 Å². The van der Waals surface area contributed by atoms with Crippen LogP contribution in [0.15, 0.2) is 77.9 Å². The van der Waals surface area contributed by atoms with E-state index >= 15 is 0 Å². The van der Waals surface area contributed by atoms with Gasteiger partial charge in [0.05, 0.1) is 31.7 Å². The van der Waals surface area contributed by atoms with E-state index in [0.29, 0.717) is 71.6 Å². The summed E-state index contributed by atoms with van der Waals surface area (Å²) in [6.07, 6.45) is 5.19. The van der Waals surface area contributed by atoms with Crippen LogP contribution >= 0.6 is 0 Å². The molecule has 5 aromatic rings. The van der Waals surface area contributed by atoms with Crippen LogP contribution in [0.4, 0.5) is 5.82 Å². The first kappa shape index (κ1) is 36.7. The highest BCUT2D eigenvalue weighted by atomic mass is 16.5. The summed E-state index contributed by atoms with van der Waals surface area (Å²) in [4.78, 5) is 33.9. The largest absolute Gasteiger partial charge is 0.493 e. The zero-order valence-corrected chi connectivity index (χ0v) is 30.6. The van der Waals surface area contributed by atoms with Gasteiger partial charge < -0.3 is 35.0 Å². The molecule has 0 unspecified atom stereocenters. The number of anilines is 1. The first-order chi connectivity index (χ1) is 26.3. The van der Waals surface area contributed by atoms with Crippen molar-refractivity contribution in [2.75, 3.05) is 65.5 Å². The van der Waals surface area contributed by atoms with Crippen molar-refractivity contribution in [2.45, 2.75) is 26.3 Å². The number of nitrogen functional groups attached to an aromatic ring is 1. The lowest BCUT2D eigenvalue weighted by Gasteiger charge is -2.26. The minimum absolute atomic E-state index is 0.132. The van der Waals surface area contributed by atoms with E-state index in [1.165, 1.54) is 0 Å². The van der Waals surface area contributed by atoms with Crippen molar-refractivity contribution >= 4 is 11.7 Å². The van der Waals surface area contributed by atoms with Gasteiger partial charge in [-0.15, -0.1) is 10.2 Å². The standard InChI is InChI=1S/C41H45N7O6/c1-26-3-5-28(6-4-26)32-25-48(24-27-11-16-52-17-12-27)38(37(39(32)49)41(43)50)34-9-8-33(45-46-34)31-21-30(23-44-40(31)42)29-7-10-35(36(22-29)51-2)54-20-15-47-13-18-53-19-14-47/h3-10,21-23,25,27H,11-20,24H2,1-2H3,(H2,42,44)(H2,43,50). The van der Waals surface area contributed by atoms with Crippen LogP contribution in [0.3, 0.4) is 0 Å². The number of rotatable bonds is 12. The Hall–Kier alpha value is -5.63. The van der Waals surface area contributed by atoms with Gasteiger partial charge in [-0.1, -0.05) is 35.9 Å². The van der Waals surface area contributed by atoms with E-state index in [1.54, 1.807) is 31.6 Å². The molecule has 13 nitrogen and oxygen atoms in total. The highest BCUT2D eigenvalue weighted by Crippen LogP contribution is 2.35. The lowest BCUT2D eigenvalue weighted by Crippen LogP contribution is -2.38. The highest BCUT2D eigenvalue weighted by Gasteiger charge is 2.26. The number of nitrogens with two attached hydrogens (primary N) is 2. The van der Waals surface area contributed by atoms with Crippen molar-refractivity contribution in [2.24, 2.45) is 11.7 Å². The summed E-state index contributed by atoms with van der Waals surface area (Å²) in [5.74, 6) is 0.953. The summed E-state index contributed by atoms with van der Waals surface area (Å²) in [6, 6.07) is 18.7. The fraction of sp³-hybridized carbons (Fsp3) is 0.341. The van der Waals surface area contributed by atoms with E-state index < -0.39 is 11.3 Å². The van der Waals surface area contributed by atoms with E-state index in [2.05, 4.69) is 20.1 Å². The zero-order valence-electron chi connectivity index (χ0n) is 30.6. The maximum atomic E-state index is 14.0. The predicted molar refractivity (Wildman–Crippen MR) is 206 cm³/mol. The molecule has 1 amide bonds. The number of aryl methyl sites for hydroxylation is 1. The van der Waals surface area contributed by atoms with Gasteiger partial charge in [-0.2, -0.15) is 0 Å². The molecule has 0 atom stereocenters. The fourth-order valence-electron chi connectivity index (χ4n) is 6.97. The Bertz CT molecular complexity index is 2160. The van der Waals surface area contributed by atoms with Crippen molar-refractivity contribution in [3.05, 3.63) is 94.4 Å². The van der Waals surface area contributed by atoms with Crippen molar-refractivity contribution in [3.8, 4) is 56.4 Å². The van der Waals surface area contributed by atoms with Gasteiger partial charge in [-0.25, -0.2) is 4.98 Å². The first-order valence-corrected chi connectivity index (χ1v) is 18.2.